The SMILES string of the molecule is CCc1[nH]c(C(=O)OC(C(=O)N2CCOCC2)c2ccccc2)c(C)c1C(=O)OC. The predicted octanol–water partition coefficient (Wildman–Crippen LogP) is 2.43. The summed E-state index contributed by atoms with van der Waals surface area (Å²) in [5.74, 6) is -1.53. The number of amides is 1. The monoisotopic (exact) mass is 414 g/mol. The number of benzene rings is 1. The zero-order valence-corrected chi connectivity index (χ0v) is 17.4. The molecule has 1 amide bonds. The van der Waals surface area contributed by atoms with Crippen molar-refractivity contribution < 1.29 is 28.6 Å². The Hall–Kier alpha value is -3.13. The minimum absolute atomic E-state index is 0.142. The molecule has 0 spiro atoms. The van der Waals surface area contributed by atoms with Gasteiger partial charge in [0.15, 0.2) is 0 Å². The van der Waals surface area contributed by atoms with Gasteiger partial charge < -0.3 is 24.1 Å². The molecule has 2 heterocycles. The number of aryl methyl sites for hydroxylation is 1. The fourth-order valence-electron chi connectivity index (χ4n) is 3.51. The van der Waals surface area contributed by atoms with Crippen LogP contribution in [-0.2, 0) is 25.4 Å². The predicted molar refractivity (Wildman–Crippen MR) is 108 cm³/mol. The van der Waals surface area contributed by atoms with Crippen molar-refractivity contribution in [3.63, 3.8) is 0 Å². The number of methoxy groups -OCH3 is 1. The van der Waals surface area contributed by atoms with Crippen LogP contribution in [0.4, 0.5) is 0 Å². The highest BCUT2D eigenvalue weighted by atomic mass is 16.6. The second-order valence-electron chi connectivity index (χ2n) is 6.96. The number of ether oxygens (including phenoxy) is 3. The zero-order chi connectivity index (χ0) is 21.7. The van der Waals surface area contributed by atoms with Gasteiger partial charge in [0.05, 0.1) is 25.9 Å². The number of nitrogens with zero attached hydrogens (tertiary/aromatic N) is 1. The number of aromatic amines is 1. The number of carbonyl (C=O) groups is 3. The van der Waals surface area contributed by atoms with Crippen molar-refractivity contribution in [1.29, 1.82) is 0 Å². The van der Waals surface area contributed by atoms with Crippen molar-refractivity contribution >= 4 is 17.8 Å². The summed E-state index contributed by atoms with van der Waals surface area (Å²) in [6.07, 6.45) is -0.584. The molecule has 1 aromatic carbocycles. The largest absolute Gasteiger partial charge is 0.465 e. The number of H-pyrrole nitrogens is 1. The van der Waals surface area contributed by atoms with Crippen LogP contribution < -0.4 is 0 Å². The molecule has 0 aliphatic carbocycles. The quantitative estimate of drug-likeness (QED) is 0.729. The highest BCUT2D eigenvalue weighted by molar-refractivity contribution is 5.99. The second kappa shape index (κ2) is 9.58. The van der Waals surface area contributed by atoms with Gasteiger partial charge in [0.2, 0.25) is 6.10 Å². The lowest BCUT2D eigenvalue weighted by molar-refractivity contribution is -0.145. The molecule has 8 nitrogen and oxygen atoms in total. The van der Waals surface area contributed by atoms with Gasteiger partial charge in [-0.3, -0.25) is 4.79 Å². The first kappa shape index (κ1) is 21.6. The summed E-state index contributed by atoms with van der Waals surface area (Å²) >= 11 is 0. The van der Waals surface area contributed by atoms with Crippen LogP contribution in [0.5, 0.6) is 0 Å². The molecule has 1 aliphatic rings. The highest BCUT2D eigenvalue weighted by Gasteiger charge is 2.33. The maximum absolute atomic E-state index is 13.1. The lowest BCUT2D eigenvalue weighted by atomic mass is 10.1. The van der Waals surface area contributed by atoms with Crippen molar-refractivity contribution in [2.24, 2.45) is 0 Å². The van der Waals surface area contributed by atoms with Crippen LogP contribution in [0, 0.1) is 6.92 Å². The van der Waals surface area contributed by atoms with E-state index in [4.69, 9.17) is 14.2 Å². The first-order valence-electron chi connectivity index (χ1n) is 9.90. The second-order valence-corrected chi connectivity index (χ2v) is 6.96. The number of morpholine rings is 1. The molecule has 1 fully saturated rings. The van der Waals surface area contributed by atoms with Gasteiger partial charge >= 0.3 is 11.9 Å². The van der Waals surface area contributed by atoms with E-state index in [0.717, 1.165) is 0 Å². The van der Waals surface area contributed by atoms with Crippen LogP contribution in [0.1, 0.15) is 50.7 Å². The Labute approximate surface area is 175 Å². The molecule has 3 rings (SSSR count). The molecular weight excluding hydrogens is 388 g/mol. The molecule has 1 unspecified atom stereocenters. The Kier molecular flexibility index (Phi) is 6.89. The fraction of sp³-hybridized carbons (Fsp3) is 0.409. The standard InChI is InChI=1S/C22H26N2O6/c1-4-16-17(21(26)28-3)14(2)18(23-16)22(27)30-19(15-8-6-5-7-9-15)20(25)24-10-12-29-13-11-24/h5-9,19,23H,4,10-13H2,1-3H3. The third kappa shape index (κ3) is 4.38. The molecule has 1 saturated heterocycles. The average Bonchev–Trinajstić information content (AvgIpc) is 3.13. The fourth-order valence-corrected chi connectivity index (χ4v) is 3.51. The molecule has 160 valence electrons. The van der Waals surface area contributed by atoms with Gasteiger partial charge in [-0.25, -0.2) is 9.59 Å². The summed E-state index contributed by atoms with van der Waals surface area (Å²) < 4.78 is 15.8. The summed E-state index contributed by atoms with van der Waals surface area (Å²) in [4.78, 5) is 42.9. The van der Waals surface area contributed by atoms with Crippen LogP contribution in [0.15, 0.2) is 30.3 Å². The molecule has 1 atom stereocenters. The van der Waals surface area contributed by atoms with E-state index < -0.39 is 18.0 Å². The first-order chi connectivity index (χ1) is 14.5. The Morgan fingerprint density at radius 2 is 1.80 bits per heavy atom. The van der Waals surface area contributed by atoms with Crippen molar-refractivity contribution in [2.45, 2.75) is 26.4 Å². The van der Waals surface area contributed by atoms with E-state index in [1.807, 2.05) is 13.0 Å². The van der Waals surface area contributed by atoms with Gasteiger partial charge in [0.1, 0.15) is 5.69 Å². The third-order valence-electron chi connectivity index (χ3n) is 5.15. The number of rotatable bonds is 6. The molecule has 0 bridgehead atoms. The zero-order valence-electron chi connectivity index (χ0n) is 17.4. The number of esters is 2. The van der Waals surface area contributed by atoms with Gasteiger partial charge in [-0.15, -0.1) is 0 Å². The topological polar surface area (TPSA) is 97.9 Å². The third-order valence-corrected chi connectivity index (χ3v) is 5.15. The Bertz CT molecular complexity index is 915. The summed E-state index contributed by atoms with van der Waals surface area (Å²) in [5.41, 5.74) is 2.07. The number of hydrogen-bond acceptors (Lipinski definition) is 6. The Balaban J connectivity index is 1.91. The van der Waals surface area contributed by atoms with Crippen molar-refractivity contribution in [2.75, 3.05) is 33.4 Å². The van der Waals surface area contributed by atoms with Gasteiger partial charge in [-0.05, 0) is 18.9 Å². The lowest BCUT2D eigenvalue weighted by Crippen LogP contribution is -2.44. The van der Waals surface area contributed by atoms with Gasteiger partial charge in [0, 0.05) is 24.3 Å². The molecule has 1 aromatic heterocycles. The molecule has 1 N–H and O–H groups in total. The van der Waals surface area contributed by atoms with E-state index in [-0.39, 0.29) is 11.6 Å². The average molecular weight is 414 g/mol. The summed E-state index contributed by atoms with van der Waals surface area (Å²) in [6.45, 7) is 5.28. The molecule has 1 aliphatic heterocycles. The Morgan fingerprint density at radius 1 is 1.13 bits per heavy atom. The lowest BCUT2D eigenvalue weighted by Gasteiger charge is -2.30. The van der Waals surface area contributed by atoms with Crippen molar-refractivity contribution in [3.8, 4) is 0 Å². The maximum atomic E-state index is 13.1. The minimum atomic E-state index is -1.09. The van der Waals surface area contributed by atoms with E-state index in [2.05, 4.69) is 4.98 Å². The van der Waals surface area contributed by atoms with Crippen molar-refractivity contribution in [1.82, 2.24) is 9.88 Å². The van der Waals surface area contributed by atoms with Gasteiger partial charge in [-0.1, -0.05) is 37.3 Å². The van der Waals surface area contributed by atoms with E-state index in [1.54, 1.807) is 36.1 Å². The van der Waals surface area contributed by atoms with Gasteiger partial charge in [-0.2, -0.15) is 0 Å². The highest BCUT2D eigenvalue weighted by Crippen LogP contribution is 2.26. The summed E-state index contributed by atoms with van der Waals surface area (Å²) in [5, 5.41) is 0. The van der Waals surface area contributed by atoms with E-state index in [9.17, 15) is 14.4 Å². The maximum Gasteiger partial charge on any atom is 0.356 e. The normalized spacial score (nSPS) is 14.8. The Morgan fingerprint density at radius 3 is 2.40 bits per heavy atom. The molecule has 2 aromatic rings. The summed E-state index contributed by atoms with van der Waals surface area (Å²) in [7, 11) is 1.29. The van der Waals surface area contributed by atoms with Crippen LogP contribution in [0.3, 0.4) is 0 Å². The number of hydrogen-bond donors (Lipinski definition) is 1. The van der Waals surface area contributed by atoms with Crippen LogP contribution in [-0.4, -0.2) is 61.1 Å². The molecule has 0 radical (unpaired) electrons. The molecule has 8 heteroatoms. The summed E-state index contributed by atoms with van der Waals surface area (Å²) in [6, 6.07) is 8.89. The molecule has 0 saturated carbocycles. The minimum Gasteiger partial charge on any atom is -0.465 e. The van der Waals surface area contributed by atoms with Crippen LogP contribution in [0.25, 0.3) is 0 Å². The van der Waals surface area contributed by atoms with E-state index >= 15 is 0 Å². The molecule has 30 heavy (non-hydrogen) atoms. The van der Waals surface area contributed by atoms with E-state index in [1.165, 1.54) is 7.11 Å². The number of nitrogens with one attached hydrogen (secondary N) is 1. The molecular formula is C22H26N2O6. The van der Waals surface area contributed by atoms with E-state index in [0.29, 0.717) is 55.1 Å². The first-order valence-corrected chi connectivity index (χ1v) is 9.90. The van der Waals surface area contributed by atoms with Gasteiger partial charge in [0.25, 0.3) is 5.91 Å². The van der Waals surface area contributed by atoms with Crippen LogP contribution >= 0.6 is 0 Å². The smallest absolute Gasteiger partial charge is 0.356 e. The number of carbonyl (C=O) groups excluding carboxylic acids is 3. The van der Waals surface area contributed by atoms with Crippen LogP contribution in [0.2, 0.25) is 0 Å². The number of aromatic nitrogens is 1. The van der Waals surface area contributed by atoms with Crippen molar-refractivity contribution in [3.05, 3.63) is 58.4 Å².